The fourth-order valence-electron chi connectivity index (χ4n) is 2.95. The number of nitrogens with one attached hydrogen (secondary N) is 1. The number of aromatic nitrogens is 4. The average molecular weight is 514 g/mol. The summed E-state index contributed by atoms with van der Waals surface area (Å²) in [5.74, 6) is 0.189. The monoisotopic (exact) mass is 513 g/mol. The minimum atomic E-state index is -0.299. The first-order valence-electron chi connectivity index (χ1n) is 8.60. The third-order valence-electron chi connectivity index (χ3n) is 4.38. The third kappa shape index (κ3) is 3.69. The second-order valence-corrected chi connectivity index (χ2v) is 7.89. The number of rotatable bonds is 3. The molecule has 0 unspecified atom stereocenters. The maximum Gasteiger partial charge on any atom is 0.259 e. The smallest absolute Gasteiger partial charge is 0.259 e. The summed E-state index contributed by atoms with van der Waals surface area (Å²) in [4.78, 5) is 19.6. The zero-order valence-electron chi connectivity index (χ0n) is 15.1. The molecule has 29 heavy (non-hydrogen) atoms. The number of hydrogen-bond acceptors (Lipinski definition) is 4. The van der Waals surface area contributed by atoms with Crippen LogP contribution in [0.3, 0.4) is 0 Å². The fourth-order valence-corrected chi connectivity index (χ4v) is 3.77. The largest absolute Gasteiger partial charge is 0.305 e. The standard InChI is InChI=1S/C21H13ClIN5O/c1-12-16(19(22)28(27-12)15-5-3-2-4-6-15)9-13(11-24)20-25-18-8-7-14(23)10-17(18)21(29)26-20/h2-10H,1H3,(H,25,26,29)/b13-9-. The SMILES string of the molecule is Cc1nn(-c2ccccc2)c(Cl)c1/C=C(/C#N)c1nc2ccc(I)cc2c(=O)[nH]1. The van der Waals surface area contributed by atoms with E-state index < -0.39 is 0 Å². The fraction of sp³-hybridized carbons (Fsp3) is 0.0476. The first kappa shape index (κ1) is 19.4. The quantitative estimate of drug-likeness (QED) is 0.317. The van der Waals surface area contributed by atoms with Crippen molar-refractivity contribution in [3.63, 3.8) is 0 Å². The predicted molar refractivity (Wildman–Crippen MR) is 122 cm³/mol. The summed E-state index contributed by atoms with van der Waals surface area (Å²) in [5, 5.41) is 15.0. The van der Waals surface area contributed by atoms with Crippen LogP contribution < -0.4 is 5.56 Å². The van der Waals surface area contributed by atoms with Crippen molar-refractivity contribution in [3.8, 4) is 11.8 Å². The highest BCUT2D eigenvalue weighted by Crippen LogP contribution is 2.27. The molecule has 4 aromatic rings. The summed E-state index contributed by atoms with van der Waals surface area (Å²) in [6, 6.07) is 17.0. The van der Waals surface area contributed by atoms with Crippen LogP contribution in [0.15, 0.2) is 53.3 Å². The van der Waals surface area contributed by atoms with Crippen LogP contribution in [-0.4, -0.2) is 19.7 Å². The number of hydrogen-bond donors (Lipinski definition) is 1. The van der Waals surface area contributed by atoms with E-state index in [0.29, 0.717) is 27.3 Å². The summed E-state index contributed by atoms with van der Waals surface area (Å²) >= 11 is 8.68. The van der Waals surface area contributed by atoms with Gasteiger partial charge in [-0.15, -0.1) is 0 Å². The first-order valence-corrected chi connectivity index (χ1v) is 10.1. The Balaban J connectivity index is 1.85. The van der Waals surface area contributed by atoms with Crippen LogP contribution in [0.1, 0.15) is 17.1 Å². The number of fused-ring (bicyclic) bond motifs is 1. The lowest BCUT2D eigenvalue weighted by Crippen LogP contribution is -2.11. The van der Waals surface area contributed by atoms with Gasteiger partial charge < -0.3 is 4.98 Å². The molecule has 142 valence electrons. The Hall–Kier alpha value is -2.96. The van der Waals surface area contributed by atoms with E-state index in [0.717, 1.165) is 9.26 Å². The van der Waals surface area contributed by atoms with Crippen LogP contribution in [-0.2, 0) is 0 Å². The minimum absolute atomic E-state index is 0.189. The van der Waals surface area contributed by atoms with Crippen molar-refractivity contribution in [2.45, 2.75) is 6.92 Å². The van der Waals surface area contributed by atoms with Crippen molar-refractivity contribution in [2.24, 2.45) is 0 Å². The Morgan fingerprint density at radius 3 is 2.76 bits per heavy atom. The molecule has 0 aliphatic rings. The van der Waals surface area contributed by atoms with Gasteiger partial charge in [-0.1, -0.05) is 29.8 Å². The molecule has 0 saturated carbocycles. The molecule has 0 atom stereocenters. The molecule has 0 radical (unpaired) electrons. The van der Waals surface area contributed by atoms with E-state index in [1.807, 2.05) is 43.3 Å². The van der Waals surface area contributed by atoms with E-state index in [9.17, 15) is 10.1 Å². The van der Waals surface area contributed by atoms with Crippen LogP contribution >= 0.6 is 34.2 Å². The van der Waals surface area contributed by atoms with Gasteiger partial charge in [-0.2, -0.15) is 10.4 Å². The molecule has 6 nitrogen and oxygen atoms in total. The van der Waals surface area contributed by atoms with E-state index in [2.05, 4.69) is 43.7 Å². The van der Waals surface area contributed by atoms with Gasteiger partial charge >= 0.3 is 0 Å². The Morgan fingerprint density at radius 1 is 1.28 bits per heavy atom. The number of aromatic amines is 1. The van der Waals surface area contributed by atoms with Crippen molar-refractivity contribution >= 4 is 56.7 Å². The lowest BCUT2D eigenvalue weighted by Gasteiger charge is -2.03. The zero-order chi connectivity index (χ0) is 20.5. The van der Waals surface area contributed by atoms with Crippen LogP contribution in [0.2, 0.25) is 5.15 Å². The van der Waals surface area contributed by atoms with Gasteiger partial charge in [0.1, 0.15) is 11.2 Å². The molecule has 0 bridgehead atoms. The van der Waals surface area contributed by atoms with Crippen molar-refractivity contribution in [1.82, 2.24) is 19.7 Å². The van der Waals surface area contributed by atoms with E-state index >= 15 is 0 Å². The maximum atomic E-state index is 12.5. The van der Waals surface area contributed by atoms with E-state index in [1.54, 1.807) is 22.9 Å². The molecule has 0 amide bonds. The highest BCUT2D eigenvalue weighted by molar-refractivity contribution is 14.1. The predicted octanol–water partition coefficient (Wildman–Crippen LogP) is 4.74. The average Bonchev–Trinajstić information content (AvgIpc) is 3.01. The molecule has 1 N–H and O–H groups in total. The number of halogens is 2. The lowest BCUT2D eigenvalue weighted by molar-refractivity contribution is 0.863. The Kier molecular flexibility index (Phi) is 5.22. The van der Waals surface area contributed by atoms with Gasteiger partial charge in [0.15, 0.2) is 5.82 Å². The van der Waals surface area contributed by atoms with Crippen LogP contribution in [0.5, 0.6) is 0 Å². The molecule has 0 aliphatic carbocycles. The van der Waals surface area contributed by atoms with Gasteiger partial charge in [0.2, 0.25) is 0 Å². The number of nitrogens with zero attached hydrogens (tertiary/aromatic N) is 4. The number of H-pyrrole nitrogens is 1. The summed E-state index contributed by atoms with van der Waals surface area (Å²) in [7, 11) is 0. The van der Waals surface area contributed by atoms with E-state index in [-0.39, 0.29) is 17.0 Å². The maximum absolute atomic E-state index is 12.5. The van der Waals surface area contributed by atoms with Crippen LogP contribution in [0.4, 0.5) is 0 Å². The zero-order valence-corrected chi connectivity index (χ0v) is 18.1. The number of para-hydroxylation sites is 1. The molecule has 2 aromatic heterocycles. The normalized spacial score (nSPS) is 11.6. The number of benzene rings is 2. The van der Waals surface area contributed by atoms with Crippen molar-refractivity contribution < 1.29 is 0 Å². The highest BCUT2D eigenvalue weighted by atomic mass is 127. The molecule has 0 fully saturated rings. The Labute approximate surface area is 184 Å². The number of nitriles is 1. The summed E-state index contributed by atoms with van der Waals surface area (Å²) in [6.07, 6.45) is 1.60. The molecule has 4 rings (SSSR count). The minimum Gasteiger partial charge on any atom is -0.305 e. The van der Waals surface area contributed by atoms with Gasteiger partial charge in [-0.3, -0.25) is 4.79 Å². The molecular weight excluding hydrogens is 501 g/mol. The van der Waals surface area contributed by atoms with Gasteiger partial charge in [0, 0.05) is 9.13 Å². The molecule has 8 heteroatoms. The Bertz CT molecular complexity index is 1370. The summed E-state index contributed by atoms with van der Waals surface area (Å²) < 4.78 is 2.54. The highest BCUT2D eigenvalue weighted by Gasteiger charge is 2.16. The first-order chi connectivity index (χ1) is 14.0. The van der Waals surface area contributed by atoms with Gasteiger partial charge in [-0.05, 0) is 65.9 Å². The van der Waals surface area contributed by atoms with Crippen molar-refractivity contribution in [1.29, 1.82) is 5.26 Å². The summed E-state index contributed by atoms with van der Waals surface area (Å²) in [6.45, 7) is 1.81. The Morgan fingerprint density at radius 2 is 2.03 bits per heavy atom. The number of allylic oxidation sites excluding steroid dienone is 1. The molecule has 0 spiro atoms. The van der Waals surface area contributed by atoms with E-state index in [1.165, 1.54) is 0 Å². The lowest BCUT2D eigenvalue weighted by atomic mass is 10.1. The molecular formula is C21H13ClIN5O. The van der Waals surface area contributed by atoms with Crippen molar-refractivity contribution in [2.75, 3.05) is 0 Å². The molecule has 0 saturated heterocycles. The third-order valence-corrected chi connectivity index (χ3v) is 5.42. The summed E-state index contributed by atoms with van der Waals surface area (Å²) in [5.41, 5.74) is 2.48. The topological polar surface area (TPSA) is 87.4 Å². The second kappa shape index (κ2) is 7.81. The van der Waals surface area contributed by atoms with Crippen molar-refractivity contribution in [3.05, 3.63) is 84.7 Å². The van der Waals surface area contributed by atoms with Gasteiger partial charge in [0.25, 0.3) is 5.56 Å². The molecule has 2 aromatic carbocycles. The van der Waals surface area contributed by atoms with Crippen LogP contribution in [0.25, 0.3) is 28.2 Å². The van der Waals surface area contributed by atoms with E-state index in [4.69, 9.17) is 11.6 Å². The van der Waals surface area contributed by atoms with Crippen LogP contribution in [0, 0.1) is 21.8 Å². The van der Waals surface area contributed by atoms with Gasteiger partial charge in [0.05, 0.1) is 27.9 Å². The molecule has 0 aliphatic heterocycles. The number of aryl methyl sites for hydroxylation is 1. The second-order valence-electron chi connectivity index (χ2n) is 6.28. The molecule has 2 heterocycles. The van der Waals surface area contributed by atoms with Gasteiger partial charge in [-0.25, -0.2) is 9.67 Å².